The van der Waals surface area contributed by atoms with Crippen molar-refractivity contribution in [3.8, 4) is 11.3 Å². The smallest absolute Gasteiger partial charge is 0.341 e. The number of carboxylic acid groups (broad SMARTS) is 1. The molecular formula is C15H15NO3. The van der Waals surface area contributed by atoms with Gasteiger partial charge in [-0.3, -0.25) is 4.79 Å². The summed E-state index contributed by atoms with van der Waals surface area (Å²) in [7, 11) is 0. The number of hydrogen-bond acceptors (Lipinski definition) is 2. The molecule has 2 aromatic rings. The SMILES string of the molecule is Cc1ccc(-c2[nH]c(=O)c(C(=O)O)cc2C)c(C)c1. The maximum Gasteiger partial charge on any atom is 0.341 e. The molecular weight excluding hydrogens is 242 g/mol. The first-order valence-corrected chi connectivity index (χ1v) is 5.95. The first-order chi connectivity index (χ1) is 8.90. The van der Waals surface area contributed by atoms with Crippen LogP contribution in [0.15, 0.2) is 29.1 Å². The Kier molecular flexibility index (Phi) is 3.25. The van der Waals surface area contributed by atoms with Crippen LogP contribution in [0.25, 0.3) is 11.3 Å². The molecule has 98 valence electrons. The summed E-state index contributed by atoms with van der Waals surface area (Å²) in [5.74, 6) is -1.21. The predicted molar refractivity (Wildman–Crippen MR) is 73.7 cm³/mol. The van der Waals surface area contributed by atoms with Gasteiger partial charge in [0.15, 0.2) is 0 Å². The van der Waals surface area contributed by atoms with Crippen LogP contribution in [0.1, 0.15) is 27.0 Å². The predicted octanol–water partition coefficient (Wildman–Crippen LogP) is 2.67. The Morgan fingerprint density at radius 1 is 1.11 bits per heavy atom. The Bertz CT molecular complexity index is 714. The van der Waals surface area contributed by atoms with Crippen LogP contribution >= 0.6 is 0 Å². The van der Waals surface area contributed by atoms with Crippen LogP contribution in [-0.2, 0) is 0 Å². The number of carbonyl (C=O) groups is 1. The second-order valence-corrected chi connectivity index (χ2v) is 4.69. The lowest BCUT2D eigenvalue weighted by molar-refractivity contribution is 0.0695. The van der Waals surface area contributed by atoms with Crippen molar-refractivity contribution >= 4 is 5.97 Å². The summed E-state index contributed by atoms with van der Waals surface area (Å²) in [4.78, 5) is 25.3. The van der Waals surface area contributed by atoms with Crippen LogP contribution in [-0.4, -0.2) is 16.1 Å². The molecule has 0 saturated carbocycles. The van der Waals surface area contributed by atoms with Gasteiger partial charge < -0.3 is 10.1 Å². The Morgan fingerprint density at radius 2 is 1.79 bits per heavy atom. The number of pyridine rings is 1. The van der Waals surface area contributed by atoms with Gasteiger partial charge in [-0.15, -0.1) is 0 Å². The normalized spacial score (nSPS) is 10.5. The van der Waals surface area contributed by atoms with E-state index in [0.29, 0.717) is 5.69 Å². The van der Waals surface area contributed by atoms with Gasteiger partial charge in [0.05, 0.1) is 5.69 Å². The summed E-state index contributed by atoms with van der Waals surface area (Å²) in [6.07, 6.45) is 0. The van der Waals surface area contributed by atoms with Crippen molar-refractivity contribution in [3.05, 3.63) is 56.9 Å². The van der Waals surface area contributed by atoms with Gasteiger partial charge in [-0.05, 0) is 38.0 Å². The molecule has 2 N–H and O–H groups in total. The van der Waals surface area contributed by atoms with Crippen LogP contribution in [0.3, 0.4) is 0 Å². The number of aromatic amines is 1. The Labute approximate surface area is 110 Å². The first-order valence-electron chi connectivity index (χ1n) is 5.95. The van der Waals surface area contributed by atoms with E-state index in [1.54, 1.807) is 6.92 Å². The third-order valence-electron chi connectivity index (χ3n) is 3.12. The van der Waals surface area contributed by atoms with Crippen molar-refractivity contribution in [2.75, 3.05) is 0 Å². The highest BCUT2D eigenvalue weighted by Gasteiger charge is 2.13. The molecule has 4 nitrogen and oxygen atoms in total. The Hall–Kier alpha value is -2.36. The van der Waals surface area contributed by atoms with E-state index in [9.17, 15) is 9.59 Å². The lowest BCUT2D eigenvalue weighted by atomic mass is 9.99. The van der Waals surface area contributed by atoms with Gasteiger partial charge in [-0.25, -0.2) is 4.79 Å². The van der Waals surface area contributed by atoms with Crippen molar-refractivity contribution in [2.24, 2.45) is 0 Å². The van der Waals surface area contributed by atoms with Gasteiger partial charge >= 0.3 is 5.97 Å². The molecule has 0 amide bonds. The monoisotopic (exact) mass is 257 g/mol. The van der Waals surface area contributed by atoms with E-state index in [1.807, 2.05) is 32.0 Å². The summed E-state index contributed by atoms with van der Waals surface area (Å²) in [6, 6.07) is 7.34. The molecule has 0 spiro atoms. The molecule has 0 bridgehead atoms. The van der Waals surface area contributed by atoms with E-state index in [1.165, 1.54) is 6.07 Å². The van der Waals surface area contributed by atoms with Crippen molar-refractivity contribution in [3.63, 3.8) is 0 Å². The van der Waals surface area contributed by atoms with Gasteiger partial charge in [0.2, 0.25) is 0 Å². The molecule has 1 aromatic carbocycles. The van der Waals surface area contributed by atoms with E-state index in [2.05, 4.69) is 4.98 Å². The highest BCUT2D eigenvalue weighted by Crippen LogP contribution is 2.24. The van der Waals surface area contributed by atoms with E-state index < -0.39 is 11.5 Å². The van der Waals surface area contributed by atoms with Crippen LogP contribution in [0.4, 0.5) is 0 Å². The standard InChI is InChI=1S/C15H15NO3/c1-8-4-5-11(9(2)6-8)13-10(3)7-12(15(18)19)14(17)16-13/h4-7H,1-3H3,(H,16,17)(H,18,19). The number of rotatable bonds is 2. The van der Waals surface area contributed by atoms with Crippen molar-refractivity contribution in [2.45, 2.75) is 20.8 Å². The molecule has 0 radical (unpaired) electrons. The molecule has 0 saturated heterocycles. The summed E-state index contributed by atoms with van der Waals surface area (Å²) < 4.78 is 0. The molecule has 19 heavy (non-hydrogen) atoms. The maximum absolute atomic E-state index is 11.7. The van der Waals surface area contributed by atoms with Crippen molar-refractivity contribution in [1.82, 2.24) is 4.98 Å². The molecule has 0 aliphatic carbocycles. The largest absolute Gasteiger partial charge is 0.477 e. The third kappa shape index (κ3) is 2.42. The second kappa shape index (κ2) is 4.72. The number of aromatic nitrogens is 1. The van der Waals surface area contributed by atoms with Gasteiger partial charge in [-0.2, -0.15) is 0 Å². The van der Waals surface area contributed by atoms with Gasteiger partial charge in [0.1, 0.15) is 5.56 Å². The number of aromatic carboxylic acids is 1. The zero-order valence-electron chi connectivity index (χ0n) is 11.1. The van der Waals surface area contributed by atoms with Gasteiger partial charge in [0.25, 0.3) is 5.56 Å². The van der Waals surface area contributed by atoms with E-state index in [0.717, 1.165) is 22.3 Å². The fourth-order valence-electron chi connectivity index (χ4n) is 2.17. The van der Waals surface area contributed by atoms with Crippen molar-refractivity contribution in [1.29, 1.82) is 0 Å². The molecule has 0 aliphatic rings. The third-order valence-corrected chi connectivity index (χ3v) is 3.12. The first kappa shape index (κ1) is 13.1. The molecule has 0 fully saturated rings. The average Bonchev–Trinajstić information content (AvgIpc) is 2.32. The zero-order chi connectivity index (χ0) is 14.2. The quantitative estimate of drug-likeness (QED) is 0.868. The van der Waals surface area contributed by atoms with Crippen LogP contribution in [0, 0.1) is 20.8 Å². The molecule has 0 unspecified atom stereocenters. The number of benzene rings is 1. The minimum Gasteiger partial charge on any atom is -0.477 e. The van der Waals surface area contributed by atoms with Gasteiger partial charge in [0, 0.05) is 5.56 Å². The minimum atomic E-state index is -1.21. The number of carboxylic acids is 1. The molecule has 0 aliphatic heterocycles. The van der Waals surface area contributed by atoms with E-state index in [4.69, 9.17) is 5.11 Å². The minimum absolute atomic E-state index is 0.231. The van der Waals surface area contributed by atoms with E-state index >= 15 is 0 Å². The molecule has 2 rings (SSSR count). The fraction of sp³-hybridized carbons (Fsp3) is 0.200. The second-order valence-electron chi connectivity index (χ2n) is 4.69. The number of nitrogens with one attached hydrogen (secondary N) is 1. The van der Waals surface area contributed by atoms with Gasteiger partial charge in [-0.1, -0.05) is 23.8 Å². The summed E-state index contributed by atoms with van der Waals surface area (Å²) in [5, 5.41) is 8.92. The summed E-state index contributed by atoms with van der Waals surface area (Å²) >= 11 is 0. The summed E-state index contributed by atoms with van der Waals surface area (Å²) in [6.45, 7) is 5.75. The topological polar surface area (TPSA) is 70.2 Å². The number of H-pyrrole nitrogens is 1. The van der Waals surface area contributed by atoms with E-state index in [-0.39, 0.29) is 5.56 Å². The molecule has 1 aromatic heterocycles. The highest BCUT2D eigenvalue weighted by molar-refractivity contribution is 5.88. The zero-order valence-corrected chi connectivity index (χ0v) is 11.1. The fourth-order valence-corrected chi connectivity index (χ4v) is 2.17. The highest BCUT2D eigenvalue weighted by atomic mass is 16.4. The van der Waals surface area contributed by atoms with Crippen LogP contribution in [0.2, 0.25) is 0 Å². The van der Waals surface area contributed by atoms with Crippen molar-refractivity contribution < 1.29 is 9.90 Å². The van der Waals surface area contributed by atoms with Crippen LogP contribution in [0.5, 0.6) is 0 Å². The summed E-state index contributed by atoms with van der Waals surface area (Å²) in [5.41, 5.74) is 3.71. The van der Waals surface area contributed by atoms with Crippen LogP contribution < -0.4 is 5.56 Å². The lowest BCUT2D eigenvalue weighted by Crippen LogP contribution is -2.18. The Morgan fingerprint density at radius 3 is 2.37 bits per heavy atom. The Balaban J connectivity index is 2.67. The maximum atomic E-state index is 11.7. The number of aryl methyl sites for hydroxylation is 3. The molecule has 4 heteroatoms. The number of hydrogen-bond donors (Lipinski definition) is 2. The lowest BCUT2D eigenvalue weighted by Gasteiger charge is -2.10. The average molecular weight is 257 g/mol. The molecule has 0 atom stereocenters. The molecule has 1 heterocycles.